The van der Waals surface area contributed by atoms with Gasteiger partial charge in [0, 0.05) is 5.69 Å². The van der Waals surface area contributed by atoms with Crippen LogP contribution in [0.3, 0.4) is 0 Å². The van der Waals surface area contributed by atoms with E-state index < -0.39 is 22.7 Å². The van der Waals surface area contributed by atoms with E-state index in [4.69, 9.17) is 4.74 Å². The molecule has 1 heterocycles. The number of alkyl halides is 3. The summed E-state index contributed by atoms with van der Waals surface area (Å²) in [6.45, 7) is 1.80. The summed E-state index contributed by atoms with van der Waals surface area (Å²) < 4.78 is 45.1. The lowest BCUT2D eigenvalue weighted by atomic mass is 10.3. The van der Waals surface area contributed by atoms with Crippen molar-refractivity contribution in [3.05, 3.63) is 40.7 Å². The summed E-state index contributed by atoms with van der Waals surface area (Å²) in [5.74, 6) is -0.778. The Morgan fingerprint density at radius 3 is 2.46 bits per heavy atom. The van der Waals surface area contributed by atoms with E-state index in [-0.39, 0.29) is 24.0 Å². The Morgan fingerprint density at radius 2 is 1.92 bits per heavy atom. The van der Waals surface area contributed by atoms with Crippen molar-refractivity contribution in [2.45, 2.75) is 13.3 Å². The summed E-state index contributed by atoms with van der Waals surface area (Å²) in [6.07, 6.45) is -3.73. The first-order chi connectivity index (χ1) is 11.3. The zero-order chi connectivity index (χ0) is 17.7. The fraction of sp³-hybridized carbons (Fsp3) is 0.231. The minimum Gasteiger partial charge on any atom is -0.473 e. The SMILES string of the molecule is CCOc1ncnc(Nc2ccc(OC(F)(F)F)cc2)c1[N+](=O)[O-]. The lowest BCUT2D eigenvalue weighted by Crippen LogP contribution is -2.17. The third kappa shape index (κ3) is 4.44. The van der Waals surface area contributed by atoms with Gasteiger partial charge in [-0.3, -0.25) is 10.1 Å². The molecule has 0 amide bonds. The van der Waals surface area contributed by atoms with Gasteiger partial charge in [0.2, 0.25) is 5.82 Å². The van der Waals surface area contributed by atoms with Crippen LogP contribution in [0, 0.1) is 10.1 Å². The summed E-state index contributed by atoms with van der Waals surface area (Å²) in [7, 11) is 0. The monoisotopic (exact) mass is 344 g/mol. The highest BCUT2D eigenvalue weighted by Crippen LogP contribution is 2.33. The molecule has 0 fully saturated rings. The number of aromatic nitrogens is 2. The minimum absolute atomic E-state index is 0.150. The molecule has 1 aromatic carbocycles. The van der Waals surface area contributed by atoms with E-state index in [1.54, 1.807) is 6.92 Å². The van der Waals surface area contributed by atoms with Crippen molar-refractivity contribution in [2.75, 3.05) is 11.9 Å². The van der Waals surface area contributed by atoms with Crippen LogP contribution in [-0.4, -0.2) is 27.9 Å². The van der Waals surface area contributed by atoms with Crippen molar-refractivity contribution >= 4 is 17.2 Å². The molecule has 0 aliphatic rings. The Labute approximate surface area is 133 Å². The van der Waals surface area contributed by atoms with Gasteiger partial charge < -0.3 is 14.8 Å². The van der Waals surface area contributed by atoms with E-state index >= 15 is 0 Å². The summed E-state index contributed by atoms with van der Waals surface area (Å²) >= 11 is 0. The Balaban J connectivity index is 2.25. The van der Waals surface area contributed by atoms with Gasteiger partial charge in [0.1, 0.15) is 12.1 Å². The molecular weight excluding hydrogens is 333 g/mol. The fourth-order valence-corrected chi connectivity index (χ4v) is 1.74. The number of hydrogen-bond donors (Lipinski definition) is 1. The number of ether oxygens (including phenoxy) is 2. The van der Waals surface area contributed by atoms with Gasteiger partial charge in [-0.05, 0) is 31.2 Å². The zero-order valence-electron chi connectivity index (χ0n) is 12.2. The van der Waals surface area contributed by atoms with E-state index in [0.717, 1.165) is 18.5 Å². The highest BCUT2D eigenvalue weighted by atomic mass is 19.4. The molecule has 0 saturated carbocycles. The van der Waals surface area contributed by atoms with Crippen molar-refractivity contribution in [1.29, 1.82) is 0 Å². The number of anilines is 2. The van der Waals surface area contributed by atoms with Crippen molar-refractivity contribution in [2.24, 2.45) is 0 Å². The zero-order valence-corrected chi connectivity index (χ0v) is 12.2. The maximum atomic E-state index is 12.1. The largest absolute Gasteiger partial charge is 0.573 e. The van der Waals surface area contributed by atoms with Crippen LogP contribution < -0.4 is 14.8 Å². The molecule has 0 unspecified atom stereocenters. The van der Waals surface area contributed by atoms with E-state index in [0.29, 0.717) is 0 Å². The number of hydrogen-bond acceptors (Lipinski definition) is 7. The number of nitro groups is 1. The molecule has 0 aliphatic heterocycles. The molecule has 2 aromatic rings. The van der Waals surface area contributed by atoms with Crippen LogP contribution in [0.5, 0.6) is 11.6 Å². The third-order valence-electron chi connectivity index (χ3n) is 2.60. The standard InChI is InChI=1S/C13H11F3N4O4/c1-2-23-12-10(20(21)22)11(17-7-18-12)19-8-3-5-9(6-4-8)24-13(14,15)16/h3-7H,2H2,1H3,(H,17,18,19). The minimum atomic E-state index is -4.80. The molecule has 1 aromatic heterocycles. The Morgan fingerprint density at radius 1 is 1.25 bits per heavy atom. The van der Waals surface area contributed by atoms with Crippen molar-refractivity contribution in [3.8, 4) is 11.6 Å². The highest BCUT2D eigenvalue weighted by Gasteiger charge is 2.31. The first kappa shape index (κ1) is 17.2. The van der Waals surface area contributed by atoms with Crippen LogP contribution in [0.2, 0.25) is 0 Å². The summed E-state index contributed by atoms with van der Waals surface area (Å²) in [5, 5.41) is 13.8. The molecule has 0 aliphatic carbocycles. The number of benzene rings is 1. The molecule has 128 valence electrons. The van der Waals surface area contributed by atoms with Gasteiger partial charge in [0.15, 0.2) is 0 Å². The average Bonchev–Trinajstić information content (AvgIpc) is 2.48. The number of nitrogens with one attached hydrogen (secondary N) is 1. The molecule has 1 N–H and O–H groups in total. The van der Waals surface area contributed by atoms with Gasteiger partial charge >= 0.3 is 12.0 Å². The number of halogens is 3. The molecule has 11 heteroatoms. The predicted octanol–water partition coefficient (Wildman–Crippen LogP) is 3.43. The molecule has 2 rings (SSSR count). The predicted molar refractivity (Wildman–Crippen MR) is 76.3 cm³/mol. The molecule has 0 atom stereocenters. The van der Waals surface area contributed by atoms with Crippen LogP contribution in [-0.2, 0) is 0 Å². The molecule has 0 saturated heterocycles. The average molecular weight is 344 g/mol. The van der Waals surface area contributed by atoms with Crippen LogP contribution >= 0.6 is 0 Å². The van der Waals surface area contributed by atoms with Gasteiger partial charge in [-0.15, -0.1) is 13.2 Å². The van der Waals surface area contributed by atoms with Crippen molar-refractivity contribution in [1.82, 2.24) is 9.97 Å². The van der Waals surface area contributed by atoms with Crippen LogP contribution in [0.4, 0.5) is 30.4 Å². The first-order valence-electron chi connectivity index (χ1n) is 6.55. The smallest absolute Gasteiger partial charge is 0.473 e. The second-order valence-corrected chi connectivity index (χ2v) is 4.26. The molecule has 0 spiro atoms. The van der Waals surface area contributed by atoms with Gasteiger partial charge in [0.25, 0.3) is 5.88 Å². The number of rotatable bonds is 6. The van der Waals surface area contributed by atoms with Gasteiger partial charge in [-0.1, -0.05) is 0 Å². The molecule has 24 heavy (non-hydrogen) atoms. The van der Waals surface area contributed by atoms with Crippen molar-refractivity contribution in [3.63, 3.8) is 0 Å². The molecule has 0 radical (unpaired) electrons. The number of nitrogens with zero attached hydrogens (tertiary/aromatic N) is 3. The summed E-state index contributed by atoms with van der Waals surface area (Å²) in [6, 6.07) is 4.64. The third-order valence-corrected chi connectivity index (χ3v) is 2.60. The topological polar surface area (TPSA) is 99.4 Å². The lowest BCUT2D eigenvalue weighted by Gasteiger charge is -2.11. The summed E-state index contributed by atoms with van der Waals surface area (Å²) in [5.41, 5.74) is -0.205. The second kappa shape index (κ2) is 6.98. The first-order valence-corrected chi connectivity index (χ1v) is 6.55. The molecule has 8 nitrogen and oxygen atoms in total. The lowest BCUT2D eigenvalue weighted by molar-refractivity contribution is -0.385. The van der Waals surface area contributed by atoms with Crippen LogP contribution in [0.15, 0.2) is 30.6 Å². The molecular formula is C13H11F3N4O4. The van der Waals surface area contributed by atoms with Gasteiger partial charge in [0.05, 0.1) is 11.5 Å². The quantitative estimate of drug-likeness (QED) is 0.633. The van der Waals surface area contributed by atoms with E-state index in [1.807, 2.05) is 0 Å². The van der Waals surface area contributed by atoms with Crippen LogP contribution in [0.1, 0.15) is 6.92 Å². The maximum absolute atomic E-state index is 12.1. The van der Waals surface area contributed by atoms with E-state index in [2.05, 4.69) is 20.0 Å². The second-order valence-electron chi connectivity index (χ2n) is 4.26. The van der Waals surface area contributed by atoms with Crippen LogP contribution in [0.25, 0.3) is 0 Å². The Hall–Kier alpha value is -3.11. The maximum Gasteiger partial charge on any atom is 0.573 e. The highest BCUT2D eigenvalue weighted by molar-refractivity contribution is 5.68. The van der Waals surface area contributed by atoms with E-state index in [1.165, 1.54) is 12.1 Å². The van der Waals surface area contributed by atoms with Gasteiger partial charge in [-0.2, -0.15) is 4.98 Å². The fourth-order valence-electron chi connectivity index (χ4n) is 1.74. The molecule has 0 bridgehead atoms. The van der Waals surface area contributed by atoms with Crippen molar-refractivity contribution < 1.29 is 27.6 Å². The summed E-state index contributed by atoms with van der Waals surface area (Å²) in [4.78, 5) is 17.9. The Bertz CT molecular complexity index is 722. The van der Waals surface area contributed by atoms with Gasteiger partial charge in [-0.25, -0.2) is 4.98 Å². The van der Waals surface area contributed by atoms with E-state index in [9.17, 15) is 23.3 Å². The Kier molecular flexibility index (Phi) is 5.02. The normalized spacial score (nSPS) is 11.0.